The Morgan fingerprint density at radius 2 is 2.00 bits per heavy atom. The van der Waals surface area contributed by atoms with Crippen molar-refractivity contribution in [2.45, 2.75) is 58.1 Å². The molecule has 1 fully saturated rings. The van der Waals surface area contributed by atoms with Crippen LogP contribution in [0, 0.1) is 5.92 Å². The number of rotatable bonds is 6. The second kappa shape index (κ2) is 5.13. The van der Waals surface area contributed by atoms with Crippen molar-refractivity contribution >= 4 is 0 Å². The normalized spacial score (nSPS) is 24.0. The van der Waals surface area contributed by atoms with Crippen molar-refractivity contribution in [2.24, 2.45) is 5.92 Å². The summed E-state index contributed by atoms with van der Waals surface area (Å²) in [6.07, 6.45) is 5.01. The first-order chi connectivity index (χ1) is 6.70. The predicted octanol–water partition coefficient (Wildman–Crippen LogP) is 2.58. The van der Waals surface area contributed by atoms with Crippen molar-refractivity contribution in [3.63, 3.8) is 0 Å². The van der Waals surface area contributed by atoms with Crippen molar-refractivity contribution in [3.8, 4) is 0 Å². The van der Waals surface area contributed by atoms with Gasteiger partial charge in [-0.3, -0.25) is 0 Å². The number of hydrogen-bond acceptors (Lipinski definition) is 2. The van der Waals surface area contributed by atoms with Crippen LogP contribution in [0.4, 0.5) is 0 Å². The van der Waals surface area contributed by atoms with Gasteiger partial charge >= 0.3 is 0 Å². The van der Waals surface area contributed by atoms with Crippen LogP contribution in [0.25, 0.3) is 0 Å². The molecule has 2 unspecified atom stereocenters. The third-order valence-electron chi connectivity index (χ3n) is 3.81. The van der Waals surface area contributed by atoms with Gasteiger partial charge in [-0.1, -0.05) is 27.2 Å². The number of hydrogen-bond donors (Lipinski definition) is 1. The zero-order valence-electron chi connectivity index (χ0n) is 10.1. The van der Waals surface area contributed by atoms with Crippen LogP contribution in [0.5, 0.6) is 0 Å². The molecule has 0 radical (unpaired) electrons. The van der Waals surface area contributed by atoms with E-state index in [2.05, 4.69) is 26.1 Å². The van der Waals surface area contributed by atoms with E-state index in [9.17, 15) is 0 Å². The fourth-order valence-electron chi connectivity index (χ4n) is 2.53. The third kappa shape index (κ3) is 2.12. The molecule has 1 aliphatic rings. The zero-order valence-corrected chi connectivity index (χ0v) is 10.1. The van der Waals surface area contributed by atoms with Crippen molar-refractivity contribution in [1.29, 1.82) is 0 Å². The molecule has 0 aromatic heterocycles. The van der Waals surface area contributed by atoms with E-state index in [1.165, 1.54) is 25.7 Å². The summed E-state index contributed by atoms with van der Waals surface area (Å²) >= 11 is 0. The molecule has 1 saturated carbocycles. The van der Waals surface area contributed by atoms with Crippen LogP contribution in [0.2, 0.25) is 0 Å². The van der Waals surface area contributed by atoms with Gasteiger partial charge in [-0.05, 0) is 31.7 Å². The molecule has 1 N–H and O–H groups in total. The molecule has 14 heavy (non-hydrogen) atoms. The minimum absolute atomic E-state index is 0.144. The van der Waals surface area contributed by atoms with Gasteiger partial charge in [0.2, 0.25) is 0 Å². The maximum Gasteiger partial charge on any atom is 0.0833 e. The van der Waals surface area contributed by atoms with Crippen LogP contribution >= 0.6 is 0 Å². The molecule has 84 valence electrons. The van der Waals surface area contributed by atoms with Gasteiger partial charge in [-0.2, -0.15) is 0 Å². The van der Waals surface area contributed by atoms with Gasteiger partial charge in [0, 0.05) is 13.2 Å². The van der Waals surface area contributed by atoms with Crippen LogP contribution < -0.4 is 5.32 Å². The molecular formula is C12H25NO. The Hall–Kier alpha value is -0.0800. The minimum Gasteiger partial charge on any atom is -0.377 e. The van der Waals surface area contributed by atoms with Crippen molar-refractivity contribution in [1.82, 2.24) is 5.32 Å². The lowest BCUT2D eigenvalue weighted by atomic mass is 9.70. The van der Waals surface area contributed by atoms with Crippen LogP contribution in [0.15, 0.2) is 0 Å². The van der Waals surface area contributed by atoms with E-state index in [0.29, 0.717) is 12.0 Å². The minimum atomic E-state index is 0.144. The number of nitrogens with one attached hydrogen (secondary N) is 1. The lowest BCUT2D eigenvalue weighted by molar-refractivity contribution is -0.110. The smallest absolute Gasteiger partial charge is 0.0833 e. The molecule has 0 aromatic rings. The Bertz CT molecular complexity index is 160. The standard InChI is InChI=1S/C12H25NO/c1-5-10(3)11(13-6-2)12(14-4)8-7-9-12/h10-11,13H,5-9H2,1-4H3. The largest absolute Gasteiger partial charge is 0.377 e. The van der Waals surface area contributed by atoms with Gasteiger partial charge in [0.15, 0.2) is 0 Å². The summed E-state index contributed by atoms with van der Waals surface area (Å²) < 4.78 is 5.75. The topological polar surface area (TPSA) is 21.3 Å². The monoisotopic (exact) mass is 199 g/mol. The fourth-order valence-corrected chi connectivity index (χ4v) is 2.53. The quantitative estimate of drug-likeness (QED) is 0.710. The molecule has 0 amide bonds. The van der Waals surface area contributed by atoms with Crippen LogP contribution in [0.1, 0.15) is 46.5 Å². The van der Waals surface area contributed by atoms with Gasteiger partial charge in [0.05, 0.1) is 5.60 Å². The average Bonchev–Trinajstić information content (AvgIpc) is 2.14. The van der Waals surface area contributed by atoms with Gasteiger partial charge in [0.25, 0.3) is 0 Å². The molecule has 2 heteroatoms. The summed E-state index contributed by atoms with van der Waals surface area (Å²) in [5, 5.41) is 3.60. The highest BCUT2D eigenvalue weighted by atomic mass is 16.5. The summed E-state index contributed by atoms with van der Waals surface area (Å²) in [6, 6.07) is 0.538. The molecule has 0 heterocycles. The molecule has 1 rings (SSSR count). The average molecular weight is 199 g/mol. The molecule has 2 nitrogen and oxygen atoms in total. The summed E-state index contributed by atoms with van der Waals surface area (Å²) in [5.74, 6) is 0.704. The lowest BCUT2D eigenvalue weighted by Crippen LogP contribution is -2.59. The van der Waals surface area contributed by atoms with E-state index in [1.54, 1.807) is 0 Å². The molecular weight excluding hydrogens is 174 g/mol. The second-order valence-electron chi connectivity index (χ2n) is 4.54. The van der Waals surface area contributed by atoms with Gasteiger partial charge < -0.3 is 10.1 Å². The molecule has 2 atom stereocenters. The first kappa shape index (κ1) is 12.0. The molecule has 0 aromatic carbocycles. The Labute approximate surface area is 88.4 Å². The van der Waals surface area contributed by atoms with E-state index in [1.807, 2.05) is 7.11 Å². The van der Waals surface area contributed by atoms with E-state index < -0.39 is 0 Å². The maximum absolute atomic E-state index is 5.75. The summed E-state index contributed by atoms with van der Waals surface area (Å²) in [4.78, 5) is 0. The highest BCUT2D eigenvalue weighted by molar-refractivity contribution is 5.01. The van der Waals surface area contributed by atoms with Crippen molar-refractivity contribution in [3.05, 3.63) is 0 Å². The Morgan fingerprint density at radius 3 is 2.29 bits per heavy atom. The molecule has 0 spiro atoms. The van der Waals surface area contributed by atoms with Crippen LogP contribution in [-0.4, -0.2) is 25.3 Å². The highest BCUT2D eigenvalue weighted by Crippen LogP contribution is 2.40. The lowest BCUT2D eigenvalue weighted by Gasteiger charge is -2.49. The third-order valence-corrected chi connectivity index (χ3v) is 3.81. The summed E-state index contributed by atoms with van der Waals surface area (Å²) in [5.41, 5.74) is 0.144. The molecule has 0 saturated heterocycles. The molecule has 0 bridgehead atoms. The van der Waals surface area contributed by atoms with Gasteiger partial charge in [0.1, 0.15) is 0 Å². The first-order valence-corrected chi connectivity index (χ1v) is 5.98. The molecule has 1 aliphatic carbocycles. The number of methoxy groups -OCH3 is 1. The maximum atomic E-state index is 5.75. The Kier molecular flexibility index (Phi) is 4.39. The fraction of sp³-hybridized carbons (Fsp3) is 1.00. The van der Waals surface area contributed by atoms with E-state index in [0.717, 1.165) is 6.54 Å². The van der Waals surface area contributed by atoms with Crippen LogP contribution in [0.3, 0.4) is 0 Å². The van der Waals surface area contributed by atoms with E-state index >= 15 is 0 Å². The Balaban J connectivity index is 2.64. The van der Waals surface area contributed by atoms with E-state index in [-0.39, 0.29) is 5.60 Å². The molecule has 0 aliphatic heterocycles. The van der Waals surface area contributed by atoms with Crippen LogP contribution in [-0.2, 0) is 4.74 Å². The van der Waals surface area contributed by atoms with Gasteiger partial charge in [-0.25, -0.2) is 0 Å². The Morgan fingerprint density at radius 1 is 1.36 bits per heavy atom. The highest BCUT2D eigenvalue weighted by Gasteiger charge is 2.45. The summed E-state index contributed by atoms with van der Waals surface area (Å²) in [6.45, 7) is 7.81. The van der Waals surface area contributed by atoms with E-state index in [4.69, 9.17) is 4.74 Å². The predicted molar refractivity (Wildman–Crippen MR) is 60.5 cm³/mol. The number of likely N-dealkylation sites (N-methyl/N-ethyl adjacent to an activating group) is 1. The first-order valence-electron chi connectivity index (χ1n) is 5.98. The van der Waals surface area contributed by atoms with Crippen molar-refractivity contribution in [2.75, 3.05) is 13.7 Å². The van der Waals surface area contributed by atoms with Crippen molar-refractivity contribution < 1.29 is 4.74 Å². The second-order valence-corrected chi connectivity index (χ2v) is 4.54. The SMILES string of the molecule is CCNC(C(C)CC)C1(OC)CCC1. The van der Waals surface area contributed by atoms with Gasteiger partial charge in [-0.15, -0.1) is 0 Å². The summed E-state index contributed by atoms with van der Waals surface area (Å²) in [7, 11) is 1.87. The number of ether oxygens (including phenoxy) is 1. The zero-order chi connectivity index (χ0) is 10.6.